The predicted octanol–water partition coefficient (Wildman–Crippen LogP) is 10.2. The van der Waals surface area contributed by atoms with Gasteiger partial charge in [-0.2, -0.15) is 0 Å². The van der Waals surface area contributed by atoms with Gasteiger partial charge in [-0.15, -0.1) is 0 Å². The normalized spacial score (nSPS) is 23.7. The fourth-order valence-electron chi connectivity index (χ4n) is 5.92. The summed E-state index contributed by atoms with van der Waals surface area (Å²) >= 11 is 0. The molecule has 1 fully saturated rings. The lowest BCUT2D eigenvalue weighted by atomic mass is 9.79. The van der Waals surface area contributed by atoms with Gasteiger partial charge in [-0.25, -0.2) is 13.2 Å². The summed E-state index contributed by atoms with van der Waals surface area (Å²) in [6, 6.07) is 7.36. The number of aryl methyl sites for hydroxylation is 1. The van der Waals surface area contributed by atoms with Gasteiger partial charge in [0.15, 0.2) is 23.2 Å². The molecule has 2 atom stereocenters. The van der Waals surface area contributed by atoms with E-state index in [1.165, 1.54) is 69.6 Å². The van der Waals surface area contributed by atoms with Crippen LogP contribution in [0.4, 0.5) is 13.2 Å². The van der Waals surface area contributed by atoms with Gasteiger partial charge in [-0.3, -0.25) is 0 Å². The maximum Gasteiger partial charge on any atom is 0.166 e. The van der Waals surface area contributed by atoms with Gasteiger partial charge in [0.25, 0.3) is 0 Å². The molecule has 38 heavy (non-hydrogen) atoms. The topological polar surface area (TPSA) is 9.23 Å². The van der Waals surface area contributed by atoms with Crippen LogP contribution in [0.2, 0.25) is 0 Å². The number of hydrogen-bond donors (Lipinski definition) is 0. The van der Waals surface area contributed by atoms with Crippen molar-refractivity contribution in [2.45, 2.75) is 84.5 Å². The molecule has 0 bridgehead atoms. The molecule has 0 saturated heterocycles. The Labute approximate surface area is 227 Å². The van der Waals surface area contributed by atoms with Crippen molar-refractivity contribution >= 4 is 0 Å². The Morgan fingerprint density at radius 3 is 2.34 bits per heavy atom. The maximum absolute atomic E-state index is 14.7. The molecular formula is C34H43F3O. The number of allylic oxidation sites excluding steroid dienone is 3. The number of unbranched alkanes of at least 4 members (excludes halogenated alkanes) is 2. The lowest BCUT2D eigenvalue weighted by molar-refractivity contribution is 0.249. The van der Waals surface area contributed by atoms with E-state index in [0.717, 1.165) is 24.7 Å². The molecule has 0 N–H and O–H groups in total. The van der Waals surface area contributed by atoms with Crippen LogP contribution in [0.5, 0.6) is 5.75 Å². The summed E-state index contributed by atoms with van der Waals surface area (Å²) in [7, 11) is 0. The van der Waals surface area contributed by atoms with Crippen LogP contribution in [0, 0.1) is 41.1 Å². The highest BCUT2D eigenvalue weighted by Crippen LogP contribution is 2.34. The lowest BCUT2D eigenvalue weighted by Gasteiger charge is -2.27. The molecule has 1 saturated carbocycles. The van der Waals surface area contributed by atoms with Crippen LogP contribution in [0.3, 0.4) is 0 Å². The highest BCUT2D eigenvalue weighted by molar-refractivity contribution is 5.65. The molecule has 2 unspecified atom stereocenters. The third kappa shape index (κ3) is 7.55. The molecule has 2 aromatic carbocycles. The minimum absolute atomic E-state index is 0.0551. The predicted molar refractivity (Wildman–Crippen MR) is 151 cm³/mol. The van der Waals surface area contributed by atoms with Crippen molar-refractivity contribution in [3.8, 4) is 16.9 Å². The number of rotatable bonds is 11. The molecule has 0 spiro atoms. The maximum atomic E-state index is 14.7. The Hall–Kier alpha value is -2.49. The minimum Gasteiger partial charge on any atom is -0.490 e. The molecule has 2 aliphatic carbocycles. The van der Waals surface area contributed by atoms with Gasteiger partial charge in [-0.05, 0) is 86.0 Å². The van der Waals surface area contributed by atoms with E-state index in [-0.39, 0.29) is 17.2 Å². The van der Waals surface area contributed by atoms with Crippen LogP contribution in [0.15, 0.2) is 54.6 Å². The van der Waals surface area contributed by atoms with E-state index in [2.05, 4.69) is 31.2 Å². The molecule has 1 nitrogen and oxygen atoms in total. The zero-order valence-corrected chi connectivity index (χ0v) is 23.0. The van der Waals surface area contributed by atoms with Gasteiger partial charge in [0.05, 0.1) is 6.61 Å². The van der Waals surface area contributed by atoms with Crippen LogP contribution in [0.25, 0.3) is 11.1 Å². The first-order valence-corrected chi connectivity index (χ1v) is 14.7. The van der Waals surface area contributed by atoms with Crippen LogP contribution in [-0.4, -0.2) is 6.61 Å². The summed E-state index contributed by atoms with van der Waals surface area (Å²) in [5.74, 6) is 0.149. The third-order valence-electron chi connectivity index (χ3n) is 8.48. The summed E-state index contributed by atoms with van der Waals surface area (Å²) < 4.78 is 49.2. The molecule has 0 aromatic heterocycles. The van der Waals surface area contributed by atoms with Crippen molar-refractivity contribution in [1.29, 1.82) is 0 Å². The number of benzene rings is 2. The first-order valence-electron chi connectivity index (χ1n) is 14.7. The Morgan fingerprint density at radius 2 is 1.66 bits per heavy atom. The smallest absolute Gasteiger partial charge is 0.166 e. The molecule has 206 valence electrons. The van der Waals surface area contributed by atoms with E-state index in [4.69, 9.17) is 4.74 Å². The van der Waals surface area contributed by atoms with E-state index in [0.29, 0.717) is 30.1 Å². The first kappa shape index (κ1) is 28.5. The average Bonchev–Trinajstić information content (AvgIpc) is 2.94. The average molecular weight is 525 g/mol. The van der Waals surface area contributed by atoms with Gasteiger partial charge in [0.2, 0.25) is 0 Å². The van der Waals surface area contributed by atoms with Crippen molar-refractivity contribution in [3.63, 3.8) is 0 Å². The Bertz CT molecular complexity index is 1100. The second kappa shape index (κ2) is 14.1. The molecule has 2 aliphatic rings. The summed E-state index contributed by atoms with van der Waals surface area (Å²) in [6.07, 6.45) is 22.7. The van der Waals surface area contributed by atoms with Crippen molar-refractivity contribution in [1.82, 2.24) is 0 Å². The fraction of sp³-hybridized carbons (Fsp3) is 0.529. The van der Waals surface area contributed by atoms with Crippen LogP contribution in [0.1, 0.15) is 83.6 Å². The summed E-state index contributed by atoms with van der Waals surface area (Å²) in [5, 5.41) is 0. The van der Waals surface area contributed by atoms with Gasteiger partial charge in [0.1, 0.15) is 0 Å². The van der Waals surface area contributed by atoms with Gasteiger partial charge in [-0.1, -0.05) is 82.0 Å². The Kier molecular flexibility index (Phi) is 10.5. The second-order valence-corrected chi connectivity index (χ2v) is 11.3. The lowest BCUT2D eigenvalue weighted by Crippen LogP contribution is -2.16. The highest BCUT2D eigenvalue weighted by Gasteiger charge is 2.21. The molecule has 2 aromatic rings. The zero-order valence-electron chi connectivity index (χ0n) is 23.0. The van der Waals surface area contributed by atoms with Crippen LogP contribution >= 0.6 is 0 Å². The number of hydrogen-bond acceptors (Lipinski definition) is 1. The molecular weight excluding hydrogens is 481 g/mol. The van der Waals surface area contributed by atoms with E-state index >= 15 is 0 Å². The first-order chi connectivity index (χ1) is 18.5. The monoisotopic (exact) mass is 524 g/mol. The SMILES string of the molecule is CCCCCC1CCC(/C=C/C2C=CC(COc3ccc(-c4ccc(CC)c(F)c4F)cc3F)CC2)CC1. The number of ether oxygens (including phenoxy) is 1. The molecule has 4 rings (SSSR count). The molecule has 0 radical (unpaired) electrons. The van der Waals surface area contributed by atoms with E-state index in [1.807, 2.05) is 0 Å². The fourth-order valence-corrected chi connectivity index (χ4v) is 5.92. The summed E-state index contributed by atoms with van der Waals surface area (Å²) in [4.78, 5) is 0. The highest BCUT2D eigenvalue weighted by atomic mass is 19.2. The van der Waals surface area contributed by atoms with E-state index in [9.17, 15) is 13.2 Å². The Balaban J connectivity index is 1.24. The van der Waals surface area contributed by atoms with Crippen molar-refractivity contribution in [3.05, 3.63) is 77.7 Å². The summed E-state index contributed by atoms with van der Waals surface area (Å²) in [6.45, 7) is 4.44. The van der Waals surface area contributed by atoms with Crippen LogP contribution in [-0.2, 0) is 6.42 Å². The molecule has 4 heteroatoms. The minimum atomic E-state index is -0.941. The van der Waals surface area contributed by atoms with E-state index < -0.39 is 17.5 Å². The van der Waals surface area contributed by atoms with Gasteiger partial charge >= 0.3 is 0 Å². The van der Waals surface area contributed by atoms with Crippen molar-refractivity contribution in [2.75, 3.05) is 6.61 Å². The quantitative estimate of drug-likeness (QED) is 0.210. The standard InChI is InChI=1S/C34H43F3O/c1-3-5-6-7-24-8-10-25(11-9-24)12-13-26-14-16-27(17-15-26)23-38-32-21-19-29(22-31(32)35)30-20-18-28(4-2)33(36)34(30)37/h12-14,16,18-22,24-27H,3-11,15,17,23H2,1-2H3/b13-12+. The van der Waals surface area contributed by atoms with E-state index in [1.54, 1.807) is 19.1 Å². The largest absolute Gasteiger partial charge is 0.490 e. The third-order valence-corrected chi connectivity index (χ3v) is 8.48. The van der Waals surface area contributed by atoms with Crippen LogP contribution < -0.4 is 4.74 Å². The Morgan fingerprint density at radius 1 is 0.842 bits per heavy atom. The van der Waals surface area contributed by atoms with Gasteiger partial charge < -0.3 is 4.74 Å². The second-order valence-electron chi connectivity index (χ2n) is 11.3. The molecule has 0 amide bonds. The number of halogens is 3. The molecule has 0 heterocycles. The zero-order chi connectivity index (χ0) is 26.9. The van der Waals surface area contributed by atoms with Crippen molar-refractivity contribution < 1.29 is 17.9 Å². The molecule has 0 aliphatic heterocycles. The summed E-state index contributed by atoms with van der Waals surface area (Å²) in [5.41, 5.74) is 0.663. The van der Waals surface area contributed by atoms with Gasteiger partial charge in [0, 0.05) is 11.5 Å². The van der Waals surface area contributed by atoms with Crippen molar-refractivity contribution in [2.24, 2.45) is 23.7 Å².